The number of fused-ring (bicyclic) bond motifs is 5. The highest BCUT2D eigenvalue weighted by molar-refractivity contribution is 5.98. The average molecular weight is 426 g/mol. The summed E-state index contributed by atoms with van der Waals surface area (Å²) in [6, 6.07) is 4.41. The third-order valence-electron chi connectivity index (χ3n) is 5.70. The molecule has 2 aliphatic rings. The molecule has 0 saturated carbocycles. The van der Waals surface area contributed by atoms with Crippen molar-refractivity contribution in [1.29, 1.82) is 0 Å². The first-order valence-corrected chi connectivity index (χ1v) is 9.92. The highest BCUT2D eigenvalue weighted by atomic mass is 16.7. The molecule has 2 aliphatic heterocycles. The smallest absolute Gasteiger partial charge is 0.250 e. The quantitative estimate of drug-likeness (QED) is 0.544. The van der Waals surface area contributed by atoms with Crippen LogP contribution in [0.5, 0.6) is 17.2 Å². The lowest BCUT2D eigenvalue weighted by Gasteiger charge is -2.22. The van der Waals surface area contributed by atoms with Gasteiger partial charge in [0.2, 0.25) is 5.43 Å². The summed E-state index contributed by atoms with van der Waals surface area (Å²) in [4.78, 5) is 13.5. The van der Waals surface area contributed by atoms with Crippen LogP contribution in [0.4, 0.5) is 0 Å². The summed E-state index contributed by atoms with van der Waals surface area (Å²) in [5.74, 6) is 0.279. The Hall–Kier alpha value is -3.23. The maximum Gasteiger partial charge on any atom is 0.250 e. The van der Waals surface area contributed by atoms with Crippen LogP contribution in [0.3, 0.4) is 0 Å². The molecular formula is C23H22O8. The molecule has 0 saturated heterocycles. The summed E-state index contributed by atoms with van der Waals surface area (Å²) < 4.78 is 22.9. The number of hydrogen-bond acceptors (Lipinski definition) is 8. The van der Waals surface area contributed by atoms with Crippen LogP contribution in [-0.4, -0.2) is 34.3 Å². The van der Waals surface area contributed by atoms with Crippen LogP contribution in [0.15, 0.2) is 39.7 Å². The maximum atomic E-state index is 13.5. The summed E-state index contributed by atoms with van der Waals surface area (Å²) >= 11 is 0. The van der Waals surface area contributed by atoms with Crippen LogP contribution >= 0.6 is 0 Å². The Morgan fingerprint density at radius 2 is 2.03 bits per heavy atom. The number of aliphatic hydroxyl groups excluding tert-OH is 1. The molecule has 162 valence electrons. The number of phenols is 1. The molecule has 1 aromatic heterocycles. The number of methoxy groups -OCH3 is 1. The summed E-state index contributed by atoms with van der Waals surface area (Å²) in [7, 11) is 1.45. The van der Waals surface area contributed by atoms with Gasteiger partial charge in [0.1, 0.15) is 39.2 Å². The van der Waals surface area contributed by atoms with Crippen molar-refractivity contribution in [3.8, 4) is 17.2 Å². The topological polar surface area (TPSA) is 119 Å². The Kier molecular flexibility index (Phi) is 4.22. The van der Waals surface area contributed by atoms with Crippen LogP contribution in [0.25, 0.3) is 21.9 Å². The second kappa shape index (κ2) is 6.63. The molecule has 3 heterocycles. The zero-order valence-corrected chi connectivity index (χ0v) is 17.2. The van der Waals surface area contributed by atoms with Crippen molar-refractivity contribution in [3.05, 3.63) is 51.9 Å². The van der Waals surface area contributed by atoms with E-state index in [4.69, 9.17) is 18.6 Å². The normalized spacial score (nSPS) is 20.4. The van der Waals surface area contributed by atoms with E-state index >= 15 is 0 Å². The second-order valence-corrected chi connectivity index (χ2v) is 8.51. The van der Waals surface area contributed by atoms with Crippen LogP contribution in [0.1, 0.15) is 43.4 Å². The fraction of sp³-hybridized carbons (Fsp3) is 0.348. The lowest BCUT2D eigenvalue weighted by atomic mass is 9.93. The molecule has 5 rings (SSSR count). The summed E-state index contributed by atoms with van der Waals surface area (Å²) in [5.41, 5.74) is -0.429. The van der Waals surface area contributed by atoms with Crippen LogP contribution in [-0.2, 0) is 4.74 Å². The minimum atomic E-state index is -1.15. The molecule has 0 aliphatic carbocycles. The van der Waals surface area contributed by atoms with E-state index in [1.165, 1.54) is 19.2 Å². The van der Waals surface area contributed by atoms with Gasteiger partial charge in [-0.1, -0.05) is 0 Å². The van der Waals surface area contributed by atoms with E-state index in [-0.39, 0.29) is 45.6 Å². The molecule has 3 aromatic rings. The molecule has 8 heteroatoms. The molecule has 2 aromatic carbocycles. The van der Waals surface area contributed by atoms with Gasteiger partial charge in [-0.3, -0.25) is 4.79 Å². The Bertz CT molecular complexity index is 1300. The van der Waals surface area contributed by atoms with E-state index in [0.717, 1.165) is 0 Å². The Morgan fingerprint density at radius 1 is 1.26 bits per heavy atom. The number of aromatic hydroxyl groups is 1. The summed E-state index contributed by atoms with van der Waals surface area (Å²) in [6.45, 7) is 3.15. The van der Waals surface area contributed by atoms with Gasteiger partial charge in [0.25, 0.3) is 6.29 Å². The number of hydrogen-bond donors (Lipinski definition) is 3. The minimum absolute atomic E-state index is 0.0122. The first-order chi connectivity index (χ1) is 14.7. The SMILES string of the molecule is COc1c2c(cc3oc4c(C(O)CC(C)(C)O)ccc(O)c4c(=O)c13)OC1OC=CC21. The second-order valence-electron chi connectivity index (χ2n) is 8.51. The maximum absolute atomic E-state index is 13.5. The fourth-order valence-electron chi connectivity index (χ4n) is 4.39. The first kappa shape index (κ1) is 19.7. The van der Waals surface area contributed by atoms with E-state index in [2.05, 4.69) is 0 Å². The van der Waals surface area contributed by atoms with Crippen LogP contribution in [0, 0.1) is 0 Å². The highest BCUT2D eigenvalue weighted by Crippen LogP contribution is 2.50. The van der Waals surface area contributed by atoms with E-state index in [1.807, 2.05) is 6.08 Å². The predicted octanol–water partition coefficient (Wildman–Crippen LogP) is 3.20. The lowest BCUT2D eigenvalue weighted by Crippen LogP contribution is -2.22. The molecule has 3 atom stereocenters. The number of benzene rings is 2. The molecule has 0 spiro atoms. The molecule has 0 radical (unpaired) electrons. The minimum Gasteiger partial charge on any atom is -0.507 e. The third-order valence-corrected chi connectivity index (χ3v) is 5.70. The number of rotatable bonds is 4. The van der Waals surface area contributed by atoms with Crippen molar-refractivity contribution >= 4 is 21.9 Å². The molecule has 3 N–H and O–H groups in total. The van der Waals surface area contributed by atoms with Crippen LogP contribution < -0.4 is 14.9 Å². The molecule has 0 amide bonds. The number of phenolic OH excluding ortho intramolecular Hbond substituents is 1. The summed E-state index contributed by atoms with van der Waals surface area (Å²) in [5, 5.41) is 31.4. The van der Waals surface area contributed by atoms with E-state index < -0.39 is 23.4 Å². The zero-order valence-electron chi connectivity index (χ0n) is 17.2. The van der Waals surface area contributed by atoms with Crippen molar-refractivity contribution < 1.29 is 33.9 Å². The standard InChI is InChI=1S/C23H22O8/c1-23(2,27)9-13(25)10-4-5-12(24)17-19(26)18-15(30-20(10)17)8-14-16(21(18)28-3)11-6-7-29-22(11)31-14/h4-8,11,13,22,24-25,27H,9H2,1-3H3. The van der Waals surface area contributed by atoms with Crippen LogP contribution in [0.2, 0.25) is 0 Å². The van der Waals surface area contributed by atoms with Crippen molar-refractivity contribution in [2.75, 3.05) is 7.11 Å². The summed E-state index contributed by atoms with van der Waals surface area (Å²) in [6.07, 6.45) is 1.73. The molecule has 31 heavy (non-hydrogen) atoms. The lowest BCUT2D eigenvalue weighted by molar-refractivity contribution is -0.00482. The van der Waals surface area contributed by atoms with Gasteiger partial charge in [-0.2, -0.15) is 0 Å². The monoisotopic (exact) mass is 426 g/mol. The molecule has 0 fully saturated rings. The van der Waals surface area contributed by atoms with Gasteiger partial charge in [-0.05, 0) is 32.1 Å². The van der Waals surface area contributed by atoms with Gasteiger partial charge >= 0.3 is 0 Å². The van der Waals surface area contributed by atoms with Crippen molar-refractivity contribution in [1.82, 2.24) is 0 Å². The van der Waals surface area contributed by atoms with Gasteiger partial charge in [-0.15, -0.1) is 0 Å². The first-order valence-electron chi connectivity index (χ1n) is 9.92. The predicted molar refractivity (Wildman–Crippen MR) is 111 cm³/mol. The van der Waals surface area contributed by atoms with E-state index in [1.54, 1.807) is 26.2 Å². The molecule has 8 nitrogen and oxygen atoms in total. The van der Waals surface area contributed by atoms with Gasteiger partial charge in [0, 0.05) is 18.1 Å². The zero-order chi connectivity index (χ0) is 22.1. The fourth-order valence-corrected chi connectivity index (χ4v) is 4.39. The number of ether oxygens (including phenoxy) is 3. The van der Waals surface area contributed by atoms with Gasteiger partial charge < -0.3 is 33.9 Å². The largest absolute Gasteiger partial charge is 0.507 e. The molecule has 0 bridgehead atoms. The van der Waals surface area contributed by atoms with Crippen molar-refractivity contribution in [2.45, 2.75) is 44.2 Å². The van der Waals surface area contributed by atoms with E-state index in [0.29, 0.717) is 17.1 Å². The number of aliphatic hydroxyl groups is 2. The van der Waals surface area contributed by atoms with Gasteiger partial charge in [-0.25, -0.2) is 0 Å². The van der Waals surface area contributed by atoms with Crippen molar-refractivity contribution in [3.63, 3.8) is 0 Å². The Balaban J connectivity index is 1.82. The highest BCUT2D eigenvalue weighted by Gasteiger charge is 2.41. The Morgan fingerprint density at radius 3 is 2.74 bits per heavy atom. The third kappa shape index (κ3) is 2.94. The Labute approximate surface area is 176 Å². The molecular weight excluding hydrogens is 404 g/mol. The van der Waals surface area contributed by atoms with Gasteiger partial charge in [0.15, 0.2) is 0 Å². The molecule has 3 unspecified atom stereocenters. The van der Waals surface area contributed by atoms with Gasteiger partial charge in [0.05, 0.1) is 36.6 Å². The average Bonchev–Trinajstić information content (AvgIpc) is 3.26. The van der Waals surface area contributed by atoms with Crippen molar-refractivity contribution in [2.24, 2.45) is 0 Å². The van der Waals surface area contributed by atoms with E-state index in [9.17, 15) is 20.1 Å².